The highest BCUT2D eigenvalue weighted by Gasteiger charge is 2.26. The molecule has 0 radical (unpaired) electrons. The summed E-state index contributed by atoms with van der Waals surface area (Å²) >= 11 is 0. The number of rotatable bonds is 5. The molecule has 0 N–H and O–H groups in total. The standard InChI is InChI=1S/C20H20N4O2/c1-2-26-18(25)14-24-20(21-19(22-24)16-9-4-3-5-10-16)23-13-12-15-8-6-7-11-17(15)23/h3-11H,2,12-14H2,1H3. The Kier molecular flexibility index (Phi) is 4.39. The van der Waals surface area contributed by atoms with Crippen molar-refractivity contribution in [2.24, 2.45) is 0 Å². The second-order valence-electron chi connectivity index (χ2n) is 6.09. The van der Waals surface area contributed by atoms with E-state index in [4.69, 9.17) is 9.72 Å². The van der Waals surface area contributed by atoms with Crippen LogP contribution < -0.4 is 4.90 Å². The molecule has 1 aliphatic heterocycles. The zero-order chi connectivity index (χ0) is 17.9. The number of ether oxygens (including phenoxy) is 1. The Morgan fingerprint density at radius 3 is 2.69 bits per heavy atom. The van der Waals surface area contributed by atoms with Crippen molar-refractivity contribution in [3.8, 4) is 11.4 Å². The van der Waals surface area contributed by atoms with Crippen LogP contribution in [-0.2, 0) is 22.5 Å². The van der Waals surface area contributed by atoms with Gasteiger partial charge in [-0.2, -0.15) is 4.98 Å². The maximum absolute atomic E-state index is 12.0. The quantitative estimate of drug-likeness (QED) is 0.663. The third-order valence-corrected chi connectivity index (χ3v) is 4.40. The highest BCUT2D eigenvalue weighted by molar-refractivity contribution is 5.72. The summed E-state index contributed by atoms with van der Waals surface area (Å²) in [7, 11) is 0. The van der Waals surface area contributed by atoms with Crippen LogP contribution in [0, 0.1) is 0 Å². The van der Waals surface area contributed by atoms with E-state index in [0.717, 1.165) is 24.2 Å². The van der Waals surface area contributed by atoms with Crippen molar-refractivity contribution in [2.75, 3.05) is 18.1 Å². The molecule has 2 aromatic carbocycles. The molecule has 0 unspecified atom stereocenters. The lowest BCUT2D eigenvalue weighted by atomic mass is 10.2. The third-order valence-electron chi connectivity index (χ3n) is 4.40. The minimum atomic E-state index is -0.314. The Morgan fingerprint density at radius 1 is 1.12 bits per heavy atom. The Bertz CT molecular complexity index is 921. The SMILES string of the molecule is CCOC(=O)Cn1nc(-c2ccccc2)nc1N1CCc2ccccc21. The van der Waals surface area contributed by atoms with E-state index in [1.54, 1.807) is 11.6 Å². The minimum absolute atomic E-state index is 0.0433. The van der Waals surface area contributed by atoms with E-state index in [1.807, 2.05) is 42.5 Å². The van der Waals surface area contributed by atoms with E-state index >= 15 is 0 Å². The van der Waals surface area contributed by atoms with Crippen LogP contribution in [0.5, 0.6) is 0 Å². The summed E-state index contributed by atoms with van der Waals surface area (Å²) in [6.07, 6.45) is 0.948. The van der Waals surface area contributed by atoms with Crippen LogP contribution in [0.4, 0.5) is 11.6 Å². The van der Waals surface area contributed by atoms with Crippen LogP contribution in [0.15, 0.2) is 54.6 Å². The summed E-state index contributed by atoms with van der Waals surface area (Å²) in [5, 5.41) is 4.58. The molecule has 0 fully saturated rings. The number of fused-ring (bicyclic) bond motifs is 1. The maximum Gasteiger partial charge on any atom is 0.327 e. The van der Waals surface area contributed by atoms with Crippen LogP contribution in [0.25, 0.3) is 11.4 Å². The minimum Gasteiger partial charge on any atom is -0.465 e. The van der Waals surface area contributed by atoms with Crippen LogP contribution in [0.3, 0.4) is 0 Å². The van der Waals surface area contributed by atoms with Crippen molar-refractivity contribution in [2.45, 2.75) is 19.9 Å². The Labute approximate surface area is 152 Å². The van der Waals surface area contributed by atoms with Gasteiger partial charge in [-0.05, 0) is 25.0 Å². The number of carbonyl (C=O) groups excluding carboxylic acids is 1. The number of esters is 1. The van der Waals surface area contributed by atoms with E-state index in [1.165, 1.54) is 5.56 Å². The first-order valence-electron chi connectivity index (χ1n) is 8.77. The highest BCUT2D eigenvalue weighted by atomic mass is 16.5. The van der Waals surface area contributed by atoms with Gasteiger partial charge in [-0.1, -0.05) is 48.5 Å². The molecule has 1 aromatic heterocycles. The topological polar surface area (TPSA) is 60.3 Å². The molecule has 0 amide bonds. The predicted molar refractivity (Wildman–Crippen MR) is 99.2 cm³/mol. The van der Waals surface area contributed by atoms with Gasteiger partial charge in [-0.15, -0.1) is 5.10 Å². The molecule has 0 bridgehead atoms. The van der Waals surface area contributed by atoms with Crippen molar-refractivity contribution in [3.05, 3.63) is 60.2 Å². The first kappa shape index (κ1) is 16.3. The summed E-state index contributed by atoms with van der Waals surface area (Å²) in [6.45, 7) is 3.00. The van der Waals surface area contributed by atoms with E-state index in [0.29, 0.717) is 18.4 Å². The molecule has 0 saturated carbocycles. The fourth-order valence-corrected chi connectivity index (χ4v) is 3.22. The maximum atomic E-state index is 12.0. The van der Waals surface area contributed by atoms with Crippen molar-refractivity contribution in [1.82, 2.24) is 14.8 Å². The fraction of sp³-hybridized carbons (Fsp3) is 0.250. The summed E-state index contributed by atoms with van der Waals surface area (Å²) < 4.78 is 6.74. The molecule has 132 valence electrons. The van der Waals surface area contributed by atoms with Crippen molar-refractivity contribution in [3.63, 3.8) is 0 Å². The Hall–Kier alpha value is -3.15. The molecular weight excluding hydrogens is 328 g/mol. The lowest BCUT2D eigenvalue weighted by molar-refractivity contribution is -0.144. The molecule has 0 spiro atoms. The van der Waals surface area contributed by atoms with Gasteiger partial charge in [0.25, 0.3) is 0 Å². The summed E-state index contributed by atoms with van der Waals surface area (Å²) in [4.78, 5) is 18.9. The number of para-hydroxylation sites is 1. The van der Waals surface area contributed by atoms with Crippen LogP contribution in [-0.4, -0.2) is 33.9 Å². The first-order chi connectivity index (χ1) is 12.8. The van der Waals surface area contributed by atoms with Gasteiger partial charge in [0.2, 0.25) is 5.95 Å². The van der Waals surface area contributed by atoms with Gasteiger partial charge in [0.15, 0.2) is 5.82 Å². The molecule has 1 aliphatic rings. The van der Waals surface area contributed by atoms with Gasteiger partial charge >= 0.3 is 5.97 Å². The van der Waals surface area contributed by atoms with E-state index in [9.17, 15) is 4.79 Å². The molecule has 4 rings (SSSR count). The summed E-state index contributed by atoms with van der Waals surface area (Å²) in [6, 6.07) is 18.0. The van der Waals surface area contributed by atoms with Crippen molar-refractivity contribution >= 4 is 17.6 Å². The number of nitrogens with zero attached hydrogens (tertiary/aromatic N) is 4. The number of hydrogen-bond donors (Lipinski definition) is 0. The van der Waals surface area contributed by atoms with Crippen molar-refractivity contribution in [1.29, 1.82) is 0 Å². The molecule has 6 nitrogen and oxygen atoms in total. The highest BCUT2D eigenvalue weighted by Crippen LogP contribution is 2.34. The Balaban J connectivity index is 1.75. The van der Waals surface area contributed by atoms with E-state index in [-0.39, 0.29) is 12.5 Å². The average Bonchev–Trinajstić information content (AvgIpc) is 3.26. The summed E-state index contributed by atoms with van der Waals surface area (Å²) in [5.74, 6) is 0.960. The molecule has 26 heavy (non-hydrogen) atoms. The number of aromatic nitrogens is 3. The zero-order valence-corrected chi connectivity index (χ0v) is 14.6. The number of carbonyl (C=O) groups is 1. The average molecular weight is 348 g/mol. The second-order valence-corrected chi connectivity index (χ2v) is 6.09. The normalized spacial score (nSPS) is 12.9. The van der Waals surface area contributed by atoms with Crippen LogP contribution in [0.2, 0.25) is 0 Å². The number of hydrogen-bond acceptors (Lipinski definition) is 5. The fourth-order valence-electron chi connectivity index (χ4n) is 3.22. The smallest absolute Gasteiger partial charge is 0.327 e. The second kappa shape index (κ2) is 7.00. The number of benzene rings is 2. The third kappa shape index (κ3) is 3.06. The van der Waals surface area contributed by atoms with Gasteiger partial charge < -0.3 is 9.64 Å². The first-order valence-corrected chi connectivity index (χ1v) is 8.77. The van der Waals surface area contributed by atoms with Gasteiger partial charge in [-0.25, -0.2) is 4.68 Å². The largest absolute Gasteiger partial charge is 0.465 e. The van der Waals surface area contributed by atoms with E-state index < -0.39 is 0 Å². The summed E-state index contributed by atoms with van der Waals surface area (Å²) in [5.41, 5.74) is 3.31. The monoisotopic (exact) mass is 348 g/mol. The Morgan fingerprint density at radius 2 is 1.88 bits per heavy atom. The van der Waals surface area contributed by atoms with Gasteiger partial charge in [0.1, 0.15) is 6.54 Å². The van der Waals surface area contributed by atoms with Gasteiger partial charge in [-0.3, -0.25) is 4.79 Å². The van der Waals surface area contributed by atoms with Crippen molar-refractivity contribution < 1.29 is 9.53 Å². The molecule has 0 aliphatic carbocycles. The molecular formula is C20H20N4O2. The van der Waals surface area contributed by atoms with Gasteiger partial charge in [0.05, 0.1) is 6.61 Å². The van der Waals surface area contributed by atoms with Crippen LogP contribution >= 0.6 is 0 Å². The zero-order valence-electron chi connectivity index (χ0n) is 14.6. The molecule has 2 heterocycles. The molecule has 6 heteroatoms. The molecule has 0 saturated heterocycles. The lowest BCUT2D eigenvalue weighted by Crippen LogP contribution is -2.22. The molecule has 0 atom stereocenters. The van der Waals surface area contributed by atoms with Crippen LogP contribution in [0.1, 0.15) is 12.5 Å². The van der Waals surface area contributed by atoms with E-state index in [2.05, 4.69) is 22.1 Å². The predicted octanol–water partition coefficient (Wildman–Crippen LogP) is 3.20. The van der Waals surface area contributed by atoms with Gasteiger partial charge in [0, 0.05) is 17.8 Å². The lowest BCUT2D eigenvalue weighted by Gasteiger charge is -2.18. The number of anilines is 2. The molecule has 3 aromatic rings.